The average molecular weight is 475 g/mol. The standard InChI is InChI=1S/C25H34N2O5S/c1-5-31-22(29)20(27-23(30)32-24(2,3)4)25(14-10-7-11-15-25)21(28)19(26)17-33-16-18-12-8-6-9-13-18/h6-14,19-20H,5,15-17,26H2,1-4H3,(H,27,30)/t19-,20-,25?/m0/s1. The Bertz CT molecular complexity index is 879. The summed E-state index contributed by atoms with van der Waals surface area (Å²) >= 11 is 1.54. The molecule has 3 atom stereocenters. The molecule has 0 bridgehead atoms. The average Bonchev–Trinajstić information content (AvgIpc) is 2.77. The lowest BCUT2D eigenvalue weighted by molar-refractivity contribution is -0.151. The molecule has 0 heterocycles. The number of allylic oxidation sites excluding steroid dienone is 3. The summed E-state index contributed by atoms with van der Waals surface area (Å²) in [6, 6.07) is 7.78. The Morgan fingerprint density at radius 2 is 1.88 bits per heavy atom. The highest BCUT2D eigenvalue weighted by Crippen LogP contribution is 2.36. The van der Waals surface area contributed by atoms with E-state index in [0.29, 0.717) is 11.5 Å². The molecule has 1 amide bonds. The van der Waals surface area contributed by atoms with Crippen LogP contribution in [0.4, 0.5) is 4.79 Å². The SMILES string of the molecule is CCOC(=O)[C@H](NC(=O)OC(C)(C)C)C1(C(=O)[C@@H](N)CSCc2ccccc2)C=CC=CC1. The van der Waals surface area contributed by atoms with Crippen LogP contribution in [0, 0.1) is 5.41 Å². The number of hydrogen-bond donors (Lipinski definition) is 2. The molecular weight excluding hydrogens is 440 g/mol. The fourth-order valence-electron chi connectivity index (χ4n) is 3.52. The molecule has 33 heavy (non-hydrogen) atoms. The zero-order valence-electron chi connectivity index (χ0n) is 19.7. The summed E-state index contributed by atoms with van der Waals surface area (Å²) in [6.07, 6.45) is 6.30. The van der Waals surface area contributed by atoms with Gasteiger partial charge >= 0.3 is 12.1 Å². The first kappa shape index (κ1) is 26.7. The van der Waals surface area contributed by atoms with Gasteiger partial charge in [-0.25, -0.2) is 9.59 Å². The third kappa shape index (κ3) is 7.75. The van der Waals surface area contributed by atoms with Gasteiger partial charge in [0.05, 0.1) is 18.1 Å². The molecule has 0 radical (unpaired) electrons. The van der Waals surface area contributed by atoms with Crippen LogP contribution in [0.3, 0.4) is 0 Å². The maximum absolute atomic E-state index is 13.7. The number of nitrogens with two attached hydrogens (primary N) is 1. The van der Waals surface area contributed by atoms with Crippen LogP contribution in [-0.2, 0) is 24.8 Å². The summed E-state index contributed by atoms with van der Waals surface area (Å²) < 4.78 is 10.6. The Morgan fingerprint density at radius 1 is 1.18 bits per heavy atom. The van der Waals surface area contributed by atoms with Crippen LogP contribution in [0.15, 0.2) is 54.6 Å². The van der Waals surface area contributed by atoms with E-state index in [4.69, 9.17) is 15.2 Å². The zero-order chi connectivity index (χ0) is 24.5. The Morgan fingerprint density at radius 3 is 2.45 bits per heavy atom. The Labute approximate surface area is 200 Å². The molecule has 2 rings (SSSR count). The number of ether oxygens (including phenoxy) is 2. The second kappa shape index (κ2) is 12.0. The molecule has 1 aromatic rings. The number of amides is 1. The van der Waals surface area contributed by atoms with E-state index in [-0.39, 0.29) is 18.8 Å². The van der Waals surface area contributed by atoms with E-state index in [9.17, 15) is 14.4 Å². The van der Waals surface area contributed by atoms with Crippen LogP contribution in [0.2, 0.25) is 0 Å². The number of esters is 1. The van der Waals surface area contributed by atoms with E-state index in [1.54, 1.807) is 63.8 Å². The fraction of sp³-hybridized carbons (Fsp3) is 0.480. The van der Waals surface area contributed by atoms with E-state index in [2.05, 4.69) is 5.32 Å². The van der Waals surface area contributed by atoms with Crippen molar-refractivity contribution >= 4 is 29.6 Å². The van der Waals surface area contributed by atoms with Crippen molar-refractivity contribution in [1.82, 2.24) is 5.32 Å². The highest BCUT2D eigenvalue weighted by molar-refractivity contribution is 7.98. The largest absolute Gasteiger partial charge is 0.464 e. The monoisotopic (exact) mass is 474 g/mol. The topological polar surface area (TPSA) is 108 Å². The summed E-state index contributed by atoms with van der Waals surface area (Å²) in [5.41, 5.74) is 5.31. The predicted molar refractivity (Wildman–Crippen MR) is 131 cm³/mol. The number of carbonyl (C=O) groups is 3. The van der Waals surface area contributed by atoms with Gasteiger partial charge < -0.3 is 20.5 Å². The highest BCUT2D eigenvalue weighted by atomic mass is 32.2. The van der Waals surface area contributed by atoms with Gasteiger partial charge in [-0.3, -0.25) is 4.79 Å². The molecule has 0 spiro atoms. The Hall–Kier alpha value is -2.58. The number of benzene rings is 1. The van der Waals surface area contributed by atoms with Gasteiger partial charge in [0, 0.05) is 11.5 Å². The van der Waals surface area contributed by atoms with Crippen molar-refractivity contribution in [1.29, 1.82) is 0 Å². The van der Waals surface area contributed by atoms with Crippen LogP contribution in [-0.4, -0.2) is 47.9 Å². The molecule has 0 saturated carbocycles. The minimum Gasteiger partial charge on any atom is -0.464 e. The number of rotatable bonds is 10. The van der Waals surface area contributed by atoms with E-state index >= 15 is 0 Å². The van der Waals surface area contributed by atoms with Gasteiger partial charge in [0.15, 0.2) is 5.78 Å². The number of nitrogens with one attached hydrogen (secondary N) is 1. The third-order valence-electron chi connectivity index (χ3n) is 5.00. The molecule has 1 aromatic carbocycles. The number of alkyl carbamates (subject to hydrolysis) is 1. The molecule has 7 nitrogen and oxygen atoms in total. The van der Waals surface area contributed by atoms with Crippen molar-refractivity contribution in [3.8, 4) is 0 Å². The number of carbonyl (C=O) groups excluding carboxylic acids is 3. The predicted octanol–water partition coefficient (Wildman–Crippen LogP) is 3.78. The summed E-state index contributed by atoms with van der Waals surface area (Å²) in [6.45, 7) is 6.93. The first-order valence-corrected chi connectivity index (χ1v) is 12.2. The Kier molecular flexibility index (Phi) is 9.73. The lowest BCUT2D eigenvalue weighted by Gasteiger charge is -2.38. The second-order valence-electron chi connectivity index (χ2n) is 8.83. The van der Waals surface area contributed by atoms with Crippen molar-refractivity contribution in [3.05, 3.63) is 60.2 Å². The minimum atomic E-state index is -1.37. The van der Waals surface area contributed by atoms with Crippen LogP contribution in [0.1, 0.15) is 39.7 Å². The highest BCUT2D eigenvalue weighted by Gasteiger charge is 2.50. The van der Waals surface area contributed by atoms with E-state index in [0.717, 1.165) is 5.56 Å². The van der Waals surface area contributed by atoms with E-state index < -0.39 is 35.2 Å². The van der Waals surface area contributed by atoms with Gasteiger partial charge in [-0.05, 0) is 39.7 Å². The van der Waals surface area contributed by atoms with Gasteiger partial charge in [0.25, 0.3) is 0 Å². The van der Waals surface area contributed by atoms with Crippen molar-refractivity contribution in [2.24, 2.45) is 11.1 Å². The summed E-state index contributed by atoms with van der Waals surface area (Å²) in [5.74, 6) is 0.0374. The molecule has 0 fully saturated rings. The van der Waals surface area contributed by atoms with Gasteiger partial charge in [-0.15, -0.1) is 0 Å². The summed E-state index contributed by atoms with van der Waals surface area (Å²) in [5, 5.41) is 2.58. The molecular formula is C25H34N2O5S. The van der Waals surface area contributed by atoms with Crippen molar-refractivity contribution < 1.29 is 23.9 Å². The van der Waals surface area contributed by atoms with Crippen LogP contribution in [0.5, 0.6) is 0 Å². The first-order valence-electron chi connectivity index (χ1n) is 11.0. The molecule has 180 valence electrons. The summed E-state index contributed by atoms with van der Waals surface area (Å²) in [4.78, 5) is 39.1. The van der Waals surface area contributed by atoms with Crippen molar-refractivity contribution in [2.45, 2.75) is 57.6 Å². The van der Waals surface area contributed by atoms with E-state index in [1.807, 2.05) is 30.3 Å². The normalized spacial score (nSPS) is 19.4. The molecule has 0 aliphatic heterocycles. The molecule has 1 aliphatic rings. The quantitative estimate of drug-likeness (QED) is 0.497. The number of thioether (sulfide) groups is 1. The van der Waals surface area contributed by atoms with Gasteiger partial charge in [0.2, 0.25) is 0 Å². The number of hydrogen-bond acceptors (Lipinski definition) is 7. The molecule has 0 saturated heterocycles. The molecule has 3 N–H and O–H groups in total. The fourth-order valence-corrected chi connectivity index (χ4v) is 4.48. The smallest absolute Gasteiger partial charge is 0.408 e. The Balaban J connectivity index is 2.24. The van der Waals surface area contributed by atoms with Gasteiger partial charge in [0.1, 0.15) is 11.6 Å². The number of ketones is 1. The first-order chi connectivity index (χ1) is 15.6. The van der Waals surface area contributed by atoms with Crippen LogP contribution in [0.25, 0.3) is 0 Å². The zero-order valence-corrected chi connectivity index (χ0v) is 20.5. The number of Topliss-reactive ketones (excluding diaryl/α,β-unsaturated/α-hetero) is 1. The van der Waals surface area contributed by atoms with Gasteiger partial charge in [-0.2, -0.15) is 11.8 Å². The second-order valence-corrected chi connectivity index (χ2v) is 9.86. The third-order valence-corrected chi connectivity index (χ3v) is 6.13. The molecule has 8 heteroatoms. The van der Waals surface area contributed by atoms with Crippen molar-refractivity contribution in [2.75, 3.05) is 12.4 Å². The van der Waals surface area contributed by atoms with Gasteiger partial charge in [-0.1, -0.05) is 54.6 Å². The molecule has 0 aromatic heterocycles. The maximum atomic E-state index is 13.7. The summed E-state index contributed by atoms with van der Waals surface area (Å²) in [7, 11) is 0. The minimum absolute atomic E-state index is 0.105. The lowest BCUT2D eigenvalue weighted by atomic mass is 9.70. The van der Waals surface area contributed by atoms with Crippen molar-refractivity contribution in [3.63, 3.8) is 0 Å². The lowest BCUT2D eigenvalue weighted by Crippen LogP contribution is -2.60. The maximum Gasteiger partial charge on any atom is 0.408 e. The van der Waals surface area contributed by atoms with Crippen LogP contribution < -0.4 is 11.1 Å². The van der Waals surface area contributed by atoms with E-state index in [1.165, 1.54) is 0 Å². The molecule has 1 aliphatic carbocycles. The van der Waals surface area contributed by atoms with Crippen LogP contribution >= 0.6 is 11.8 Å². The molecule has 1 unspecified atom stereocenters.